The van der Waals surface area contributed by atoms with Gasteiger partial charge in [0.25, 0.3) is 0 Å². The zero-order valence-electron chi connectivity index (χ0n) is 12.0. The highest BCUT2D eigenvalue weighted by molar-refractivity contribution is 5.38. The van der Waals surface area contributed by atoms with E-state index in [2.05, 4.69) is 47.9 Å². The second-order valence-corrected chi connectivity index (χ2v) is 5.63. The second-order valence-electron chi connectivity index (χ2n) is 5.63. The van der Waals surface area contributed by atoms with Gasteiger partial charge in [-0.2, -0.15) is 0 Å². The molecule has 0 atom stereocenters. The monoisotopic (exact) mass is 248 g/mol. The molecule has 0 saturated carbocycles. The minimum Gasteiger partial charge on any atom is -0.336 e. The standard InChI is InChI=1S/C14H24N4/c1-5-15-9-12-10-16-13(17-11(12)2)18-8-6-7-14(18,3)4/h10,15H,5-9H2,1-4H3. The fourth-order valence-corrected chi connectivity index (χ4v) is 2.52. The molecule has 1 aromatic heterocycles. The highest BCUT2D eigenvalue weighted by atomic mass is 15.3. The van der Waals surface area contributed by atoms with Gasteiger partial charge in [0.15, 0.2) is 0 Å². The number of hydrogen-bond donors (Lipinski definition) is 1. The molecular weight excluding hydrogens is 224 g/mol. The molecule has 2 rings (SSSR count). The van der Waals surface area contributed by atoms with Gasteiger partial charge in [0.05, 0.1) is 0 Å². The van der Waals surface area contributed by atoms with Gasteiger partial charge in [-0.1, -0.05) is 6.92 Å². The van der Waals surface area contributed by atoms with Crippen LogP contribution >= 0.6 is 0 Å². The molecule has 18 heavy (non-hydrogen) atoms. The molecule has 0 aromatic carbocycles. The van der Waals surface area contributed by atoms with E-state index in [1.807, 2.05) is 6.20 Å². The van der Waals surface area contributed by atoms with Crippen molar-refractivity contribution in [2.45, 2.75) is 52.6 Å². The quantitative estimate of drug-likeness (QED) is 0.887. The first-order valence-electron chi connectivity index (χ1n) is 6.85. The van der Waals surface area contributed by atoms with Gasteiger partial charge in [0, 0.05) is 36.1 Å². The molecular formula is C14H24N4. The van der Waals surface area contributed by atoms with Crippen LogP contribution in [0.25, 0.3) is 0 Å². The van der Waals surface area contributed by atoms with E-state index in [1.165, 1.54) is 18.4 Å². The average molecular weight is 248 g/mol. The van der Waals surface area contributed by atoms with Gasteiger partial charge in [0.1, 0.15) is 0 Å². The first-order valence-corrected chi connectivity index (χ1v) is 6.85. The maximum Gasteiger partial charge on any atom is 0.225 e. The number of aryl methyl sites for hydroxylation is 1. The van der Waals surface area contributed by atoms with E-state index in [1.54, 1.807) is 0 Å². The van der Waals surface area contributed by atoms with Gasteiger partial charge in [-0.15, -0.1) is 0 Å². The lowest BCUT2D eigenvalue weighted by atomic mass is 10.0. The molecule has 1 saturated heterocycles. The summed E-state index contributed by atoms with van der Waals surface area (Å²) in [4.78, 5) is 11.6. The minimum absolute atomic E-state index is 0.190. The number of aromatic nitrogens is 2. The summed E-state index contributed by atoms with van der Waals surface area (Å²) in [6.07, 6.45) is 4.41. The Balaban J connectivity index is 2.18. The molecule has 1 N–H and O–H groups in total. The van der Waals surface area contributed by atoms with Crippen LogP contribution in [0, 0.1) is 6.92 Å². The molecule has 1 aliphatic rings. The third kappa shape index (κ3) is 2.64. The Hall–Kier alpha value is -1.16. The van der Waals surface area contributed by atoms with Crippen molar-refractivity contribution in [3.05, 3.63) is 17.5 Å². The van der Waals surface area contributed by atoms with E-state index in [0.717, 1.165) is 31.3 Å². The van der Waals surface area contributed by atoms with Crippen LogP contribution < -0.4 is 10.2 Å². The summed E-state index contributed by atoms with van der Waals surface area (Å²) in [5.41, 5.74) is 2.47. The van der Waals surface area contributed by atoms with Crippen LogP contribution in [-0.2, 0) is 6.54 Å². The maximum absolute atomic E-state index is 4.68. The van der Waals surface area contributed by atoms with Crippen molar-refractivity contribution in [1.29, 1.82) is 0 Å². The van der Waals surface area contributed by atoms with Crippen LogP contribution in [0.1, 0.15) is 44.9 Å². The van der Waals surface area contributed by atoms with Gasteiger partial charge in [0.2, 0.25) is 5.95 Å². The van der Waals surface area contributed by atoms with Crippen molar-refractivity contribution in [3.8, 4) is 0 Å². The summed E-state index contributed by atoms with van der Waals surface area (Å²) in [5, 5.41) is 3.32. The van der Waals surface area contributed by atoms with Crippen molar-refractivity contribution in [1.82, 2.24) is 15.3 Å². The lowest BCUT2D eigenvalue weighted by molar-refractivity contribution is 0.509. The topological polar surface area (TPSA) is 41.1 Å². The van der Waals surface area contributed by atoms with E-state index < -0.39 is 0 Å². The molecule has 2 heterocycles. The van der Waals surface area contributed by atoms with E-state index in [4.69, 9.17) is 0 Å². The summed E-state index contributed by atoms with van der Waals surface area (Å²) < 4.78 is 0. The Bertz CT molecular complexity index is 414. The summed E-state index contributed by atoms with van der Waals surface area (Å²) in [6.45, 7) is 11.6. The highest BCUT2D eigenvalue weighted by Crippen LogP contribution is 2.31. The highest BCUT2D eigenvalue weighted by Gasteiger charge is 2.33. The number of rotatable bonds is 4. The van der Waals surface area contributed by atoms with Gasteiger partial charge in [-0.3, -0.25) is 0 Å². The van der Waals surface area contributed by atoms with Crippen molar-refractivity contribution in [2.24, 2.45) is 0 Å². The molecule has 4 nitrogen and oxygen atoms in total. The molecule has 0 aliphatic carbocycles. The molecule has 0 unspecified atom stereocenters. The molecule has 0 bridgehead atoms. The molecule has 1 aromatic rings. The Morgan fingerprint density at radius 2 is 2.22 bits per heavy atom. The average Bonchev–Trinajstić information content (AvgIpc) is 2.67. The number of nitrogens with zero attached hydrogens (tertiary/aromatic N) is 3. The van der Waals surface area contributed by atoms with E-state index >= 15 is 0 Å². The molecule has 1 aliphatic heterocycles. The normalized spacial score (nSPS) is 18.3. The van der Waals surface area contributed by atoms with E-state index in [0.29, 0.717) is 0 Å². The van der Waals surface area contributed by atoms with Crippen LogP contribution in [-0.4, -0.2) is 28.6 Å². The van der Waals surface area contributed by atoms with Crippen molar-refractivity contribution in [3.63, 3.8) is 0 Å². The first kappa shape index (κ1) is 13.3. The second kappa shape index (κ2) is 5.22. The smallest absolute Gasteiger partial charge is 0.225 e. The van der Waals surface area contributed by atoms with Crippen molar-refractivity contribution in [2.75, 3.05) is 18.0 Å². The Morgan fingerprint density at radius 3 is 2.78 bits per heavy atom. The van der Waals surface area contributed by atoms with Crippen molar-refractivity contribution >= 4 is 5.95 Å². The van der Waals surface area contributed by atoms with E-state index in [-0.39, 0.29) is 5.54 Å². The lowest BCUT2D eigenvalue weighted by Crippen LogP contribution is -2.39. The first-order chi connectivity index (χ1) is 8.54. The SMILES string of the molecule is CCNCc1cnc(N2CCCC2(C)C)nc1C. The molecule has 0 spiro atoms. The maximum atomic E-state index is 4.68. The third-order valence-electron chi connectivity index (χ3n) is 3.78. The number of hydrogen-bond acceptors (Lipinski definition) is 4. The van der Waals surface area contributed by atoms with E-state index in [9.17, 15) is 0 Å². The van der Waals surface area contributed by atoms with Gasteiger partial charge in [-0.05, 0) is 40.2 Å². The predicted octanol–water partition coefficient (Wildman–Crippen LogP) is 2.27. The Labute approximate surface area is 110 Å². The van der Waals surface area contributed by atoms with Crippen LogP contribution in [0.15, 0.2) is 6.20 Å². The number of anilines is 1. The third-order valence-corrected chi connectivity index (χ3v) is 3.78. The number of nitrogens with one attached hydrogen (secondary N) is 1. The molecule has 1 fully saturated rings. The van der Waals surface area contributed by atoms with Crippen molar-refractivity contribution < 1.29 is 0 Å². The molecule has 100 valence electrons. The Kier molecular flexibility index (Phi) is 3.85. The van der Waals surface area contributed by atoms with Gasteiger partial charge >= 0.3 is 0 Å². The minimum atomic E-state index is 0.190. The predicted molar refractivity (Wildman–Crippen MR) is 74.8 cm³/mol. The molecule has 0 amide bonds. The largest absolute Gasteiger partial charge is 0.336 e. The van der Waals surface area contributed by atoms with Gasteiger partial charge < -0.3 is 10.2 Å². The molecule has 4 heteroatoms. The van der Waals surface area contributed by atoms with Crippen LogP contribution in [0.4, 0.5) is 5.95 Å². The fourth-order valence-electron chi connectivity index (χ4n) is 2.52. The summed E-state index contributed by atoms with van der Waals surface area (Å²) >= 11 is 0. The summed E-state index contributed by atoms with van der Waals surface area (Å²) in [7, 11) is 0. The van der Waals surface area contributed by atoms with Crippen LogP contribution in [0.3, 0.4) is 0 Å². The Morgan fingerprint density at radius 1 is 1.44 bits per heavy atom. The fraction of sp³-hybridized carbons (Fsp3) is 0.714. The van der Waals surface area contributed by atoms with Crippen LogP contribution in [0.5, 0.6) is 0 Å². The lowest BCUT2D eigenvalue weighted by Gasteiger charge is -2.31. The van der Waals surface area contributed by atoms with Crippen LogP contribution in [0.2, 0.25) is 0 Å². The summed E-state index contributed by atoms with van der Waals surface area (Å²) in [5.74, 6) is 0.884. The van der Waals surface area contributed by atoms with Gasteiger partial charge in [-0.25, -0.2) is 9.97 Å². The molecule has 0 radical (unpaired) electrons. The zero-order valence-corrected chi connectivity index (χ0v) is 12.0. The zero-order chi connectivity index (χ0) is 13.2. The summed E-state index contributed by atoms with van der Waals surface area (Å²) in [6, 6.07) is 0.